The van der Waals surface area contributed by atoms with E-state index in [9.17, 15) is 41.0 Å². The van der Waals surface area contributed by atoms with E-state index in [1.807, 2.05) is 0 Å². The first-order valence-corrected chi connectivity index (χ1v) is 7.57. The second-order valence-electron chi connectivity index (χ2n) is 6.00. The molecule has 0 radical (unpaired) electrons. The average Bonchev–Trinajstić information content (AvgIpc) is 2.43. The molecule has 0 aliphatic heterocycles. The fourth-order valence-corrected chi connectivity index (χ4v) is 1.60. The first-order valence-electron chi connectivity index (χ1n) is 7.57. The molecule has 12 heteroatoms. The summed E-state index contributed by atoms with van der Waals surface area (Å²) in [5, 5.41) is 26.2. The van der Waals surface area contributed by atoms with Gasteiger partial charge in [-0.25, -0.2) is 9.59 Å². The Labute approximate surface area is 157 Å². The Morgan fingerprint density at radius 3 is 1.32 bits per heavy atom. The van der Waals surface area contributed by atoms with Crippen LogP contribution >= 0.6 is 0 Å². The van der Waals surface area contributed by atoms with Crippen molar-refractivity contribution < 1.29 is 56.0 Å². The summed E-state index contributed by atoms with van der Waals surface area (Å²) in [5.74, 6) is -4.04. The maximum atomic E-state index is 12.4. The summed E-state index contributed by atoms with van der Waals surface area (Å²) in [5.41, 5.74) is -7.10. The molecule has 0 saturated heterocycles. The van der Waals surface area contributed by atoms with Crippen molar-refractivity contribution in [2.75, 3.05) is 6.61 Å². The number of carbonyl (C=O) groups excluding carboxylic acids is 1. The van der Waals surface area contributed by atoms with Gasteiger partial charge in [0.2, 0.25) is 0 Å². The van der Waals surface area contributed by atoms with Crippen LogP contribution in [0, 0.1) is 0 Å². The van der Waals surface area contributed by atoms with Gasteiger partial charge in [0, 0.05) is 0 Å². The Kier molecular flexibility index (Phi) is 9.96. The maximum Gasteiger partial charge on any atom is 0.431 e. The molecule has 164 valence electrons. The van der Waals surface area contributed by atoms with E-state index in [0.717, 1.165) is 0 Å². The van der Waals surface area contributed by atoms with E-state index in [1.54, 1.807) is 0 Å². The van der Waals surface area contributed by atoms with E-state index in [1.165, 1.54) is 34.6 Å². The predicted molar refractivity (Wildman–Crippen MR) is 85.1 cm³/mol. The highest BCUT2D eigenvalue weighted by Gasteiger charge is 2.59. The van der Waals surface area contributed by atoms with Crippen LogP contribution in [0.3, 0.4) is 0 Å². The average molecular weight is 424 g/mol. The minimum absolute atomic E-state index is 0.0715. The van der Waals surface area contributed by atoms with Crippen LogP contribution in [-0.4, -0.2) is 57.4 Å². The number of hydrogen-bond acceptors (Lipinski definition) is 5. The summed E-state index contributed by atoms with van der Waals surface area (Å²) in [4.78, 5) is 21.2. The summed E-state index contributed by atoms with van der Waals surface area (Å²) in [6, 6.07) is 0. The van der Waals surface area contributed by atoms with Gasteiger partial charge in [-0.1, -0.05) is 11.1 Å². The van der Waals surface area contributed by atoms with Gasteiger partial charge in [-0.3, -0.25) is 0 Å². The molecule has 0 rings (SSSR count). The molecule has 6 nitrogen and oxygen atoms in total. The van der Waals surface area contributed by atoms with Crippen molar-refractivity contribution in [2.45, 2.75) is 58.2 Å². The van der Waals surface area contributed by atoms with Crippen molar-refractivity contribution in [2.24, 2.45) is 0 Å². The van der Waals surface area contributed by atoms with Crippen LogP contribution in [0.4, 0.5) is 26.3 Å². The first kappa shape index (κ1) is 28.1. The molecule has 0 amide bonds. The molecule has 0 saturated carbocycles. The maximum absolute atomic E-state index is 12.4. The number of aliphatic hydroxyl groups is 2. The van der Waals surface area contributed by atoms with Gasteiger partial charge < -0.3 is 20.1 Å². The van der Waals surface area contributed by atoms with Crippen LogP contribution in [0.15, 0.2) is 23.3 Å². The highest BCUT2D eigenvalue weighted by Crippen LogP contribution is 2.34. The topological polar surface area (TPSA) is 104 Å². The fourth-order valence-electron chi connectivity index (χ4n) is 1.60. The Balaban J connectivity index is 0. The third-order valence-corrected chi connectivity index (χ3v) is 2.77. The van der Waals surface area contributed by atoms with Crippen LogP contribution in [0.1, 0.15) is 34.6 Å². The quantitative estimate of drug-likeness (QED) is 0.356. The second kappa shape index (κ2) is 9.92. The molecule has 0 bridgehead atoms. The number of rotatable bonds is 5. The van der Waals surface area contributed by atoms with E-state index < -0.39 is 35.5 Å². The summed E-state index contributed by atoms with van der Waals surface area (Å²) >= 11 is 0. The molecule has 0 aromatic heterocycles. The molecule has 2 unspecified atom stereocenters. The molecule has 0 aliphatic rings. The zero-order valence-electron chi connectivity index (χ0n) is 15.7. The molecule has 0 aromatic rings. The number of carboxylic acids is 1. The highest BCUT2D eigenvalue weighted by atomic mass is 19.4. The lowest BCUT2D eigenvalue weighted by Gasteiger charge is -2.25. The lowest BCUT2D eigenvalue weighted by molar-refractivity contribution is -0.246. The van der Waals surface area contributed by atoms with Gasteiger partial charge in [-0.15, -0.1) is 0 Å². The number of carboxylic acid groups (broad SMARTS) is 1. The Bertz CT molecular complexity index is 614. The van der Waals surface area contributed by atoms with E-state index >= 15 is 0 Å². The molecule has 3 N–H and O–H groups in total. The minimum atomic E-state index is -5.21. The standard InChI is InChI=1S/C9H13F3O3.C7H9F3O3/c1-4-15-7(13)8(14,5-6(2)3)9(10,11)12;1-4(2)3-6(13,5(11)12)7(8,9)10/h5,14H,4H2,1-3H3;3,13H,1-2H3,(H,11,12). The van der Waals surface area contributed by atoms with Crippen LogP contribution in [0.25, 0.3) is 0 Å². The van der Waals surface area contributed by atoms with Gasteiger partial charge in [0.15, 0.2) is 0 Å². The van der Waals surface area contributed by atoms with Gasteiger partial charge in [0.1, 0.15) is 0 Å². The fraction of sp³-hybridized carbons (Fsp3) is 0.625. The normalized spacial score (nSPS) is 15.8. The van der Waals surface area contributed by atoms with Crippen molar-refractivity contribution in [1.29, 1.82) is 0 Å². The molecule has 0 fully saturated rings. The van der Waals surface area contributed by atoms with Gasteiger partial charge in [-0.05, 0) is 46.8 Å². The zero-order chi connectivity index (χ0) is 23.1. The molecule has 2 atom stereocenters. The number of halogens is 6. The SMILES string of the molecule is CC(C)=CC(O)(C(=O)O)C(F)(F)F.CCOC(=O)C(O)(C=C(C)C)C(F)(F)F. The lowest BCUT2D eigenvalue weighted by Crippen LogP contribution is -2.51. The van der Waals surface area contributed by atoms with Crippen LogP contribution in [0.5, 0.6) is 0 Å². The van der Waals surface area contributed by atoms with E-state index in [2.05, 4.69) is 4.74 Å². The smallest absolute Gasteiger partial charge is 0.431 e. The van der Waals surface area contributed by atoms with Gasteiger partial charge >= 0.3 is 24.3 Å². The molecule has 0 heterocycles. The largest absolute Gasteiger partial charge is 0.479 e. The van der Waals surface area contributed by atoms with Crippen LogP contribution in [-0.2, 0) is 14.3 Å². The van der Waals surface area contributed by atoms with Crippen LogP contribution in [0.2, 0.25) is 0 Å². The van der Waals surface area contributed by atoms with Crippen molar-refractivity contribution in [1.82, 2.24) is 0 Å². The summed E-state index contributed by atoms with van der Waals surface area (Å²) < 4.78 is 77.6. The van der Waals surface area contributed by atoms with E-state index in [0.29, 0.717) is 6.08 Å². The highest BCUT2D eigenvalue weighted by molar-refractivity contribution is 5.83. The summed E-state index contributed by atoms with van der Waals surface area (Å²) in [6.45, 7) is 6.34. The number of alkyl halides is 6. The van der Waals surface area contributed by atoms with Crippen molar-refractivity contribution >= 4 is 11.9 Å². The molecule has 0 spiro atoms. The number of hydrogen-bond donors (Lipinski definition) is 3. The number of esters is 1. The van der Waals surface area contributed by atoms with Gasteiger partial charge in [-0.2, -0.15) is 26.3 Å². The number of allylic oxidation sites excluding steroid dienone is 2. The van der Waals surface area contributed by atoms with E-state index in [-0.39, 0.29) is 23.8 Å². The number of carbonyl (C=O) groups is 2. The Morgan fingerprint density at radius 2 is 1.14 bits per heavy atom. The number of ether oxygens (including phenoxy) is 1. The van der Waals surface area contributed by atoms with Crippen molar-refractivity contribution in [3.05, 3.63) is 23.3 Å². The molecular weight excluding hydrogens is 402 g/mol. The molecule has 28 heavy (non-hydrogen) atoms. The Hall–Kier alpha value is -2.08. The molecule has 0 aromatic carbocycles. The summed E-state index contributed by atoms with van der Waals surface area (Å²) in [7, 11) is 0. The summed E-state index contributed by atoms with van der Waals surface area (Å²) in [6.07, 6.45) is -9.60. The van der Waals surface area contributed by atoms with Crippen molar-refractivity contribution in [3.63, 3.8) is 0 Å². The molecule has 0 aliphatic carbocycles. The van der Waals surface area contributed by atoms with Gasteiger partial charge in [0.25, 0.3) is 11.2 Å². The van der Waals surface area contributed by atoms with Crippen LogP contribution < -0.4 is 0 Å². The zero-order valence-corrected chi connectivity index (χ0v) is 15.7. The second-order valence-corrected chi connectivity index (χ2v) is 6.00. The lowest BCUT2D eigenvalue weighted by atomic mass is 10.0. The number of aliphatic carboxylic acids is 1. The monoisotopic (exact) mass is 424 g/mol. The van der Waals surface area contributed by atoms with E-state index in [4.69, 9.17) is 10.2 Å². The molecular formula is C16H22F6O6. The van der Waals surface area contributed by atoms with Gasteiger partial charge in [0.05, 0.1) is 6.61 Å². The Morgan fingerprint density at radius 1 is 0.821 bits per heavy atom. The third-order valence-electron chi connectivity index (χ3n) is 2.77. The minimum Gasteiger partial charge on any atom is -0.479 e. The predicted octanol–water partition coefficient (Wildman–Crippen LogP) is 3.14. The first-order chi connectivity index (χ1) is 12.3. The third kappa shape index (κ3) is 7.50. The van der Waals surface area contributed by atoms with Crippen molar-refractivity contribution in [3.8, 4) is 0 Å².